The van der Waals surface area contributed by atoms with Gasteiger partial charge in [0.15, 0.2) is 9.84 Å². The van der Waals surface area contributed by atoms with Crippen LogP contribution >= 0.6 is 0 Å². The van der Waals surface area contributed by atoms with Gasteiger partial charge in [-0.05, 0) is 31.4 Å². The van der Waals surface area contributed by atoms with Crippen LogP contribution in [0.15, 0.2) is 23.3 Å². The fourth-order valence-electron chi connectivity index (χ4n) is 2.55. The van der Waals surface area contributed by atoms with E-state index >= 15 is 0 Å². The molecule has 2 rings (SSSR count). The van der Waals surface area contributed by atoms with Crippen LogP contribution in [0.4, 0.5) is 0 Å². The van der Waals surface area contributed by atoms with Crippen LogP contribution in [0.1, 0.15) is 36.7 Å². The van der Waals surface area contributed by atoms with Crippen molar-refractivity contribution in [3.63, 3.8) is 0 Å². The highest BCUT2D eigenvalue weighted by atomic mass is 32.2. The van der Waals surface area contributed by atoms with Crippen LogP contribution < -0.4 is 5.56 Å². The highest BCUT2D eigenvalue weighted by Crippen LogP contribution is 2.23. The topological polar surface area (TPSA) is 81.9 Å². The summed E-state index contributed by atoms with van der Waals surface area (Å²) in [5, 5.41) is 0. The highest BCUT2D eigenvalue weighted by molar-refractivity contribution is 7.89. The van der Waals surface area contributed by atoms with Crippen LogP contribution in [-0.2, 0) is 29.1 Å². The maximum Gasteiger partial charge on any atom is 0.253 e. The van der Waals surface area contributed by atoms with Gasteiger partial charge in [-0.2, -0.15) is 0 Å². The molecule has 2 aromatic rings. The summed E-state index contributed by atoms with van der Waals surface area (Å²) in [6, 6.07) is 1.80. The molecule has 24 heavy (non-hydrogen) atoms. The third-order valence-electron chi connectivity index (χ3n) is 3.74. The van der Waals surface area contributed by atoms with Crippen molar-refractivity contribution in [3.05, 3.63) is 45.8 Å². The largest absolute Gasteiger partial charge is 0.318 e. The van der Waals surface area contributed by atoms with E-state index in [1.54, 1.807) is 32.4 Å². The lowest BCUT2D eigenvalue weighted by Crippen LogP contribution is -2.19. The molecule has 0 spiro atoms. The van der Waals surface area contributed by atoms with Crippen LogP contribution in [0.5, 0.6) is 0 Å². The van der Waals surface area contributed by atoms with Gasteiger partial charge in [-0.3, -0.25) is 4.79 Å². The summed E-state index contributed by atoms with van der Waals surface area (Å²) >= 11 is 0. The van der Waals surface area contributed by atoms with Crippen molar-refractivity contribution in [1.82, 2.24) is 14.5 Å². The lowest BCUT2D eigenvalue weighted by molar-refractivity contribution is 0.599. The minimum atomic E-state index is -3.21. The van der Waals surface area contributed by atoms with E-state index in [9.17, 15) is 13.2 Å². The second-order valence-corrected chi connectivity index (χ2v) is 8.30. The monoisotopic (exact) mass is 349 g/mol. The van der Waals surface area contributed by atoms with Gasteiger partial charge in [0.2, 0.25) is 0 Å². The summed E-state index contributed by atoms with van der Waals surface area (Å²) < 4.78 is 24.6. The third-order valence-corrected chi connectivity index (χ3v) is 4.52. The van der Waals surface area contributed by atoms with Crippen molar-refractivity contribution in [1.29, 1.82) is 0 Å². The fraction of sp³-hybridized carbons (Fsp3) is 0.471. The number of hydrogen-bond acceptors (Lipinski definition) is 5. The molecule has 0 unspecified atom stereocenters. The zero-order valence-corrected chi connectivity index (χ0v) is 15.4. The lowest BCUT2D eigenvalue weighted by atomic mass is 10.0. The van der Waals surface area contributed by atoms with E-state index in [1.807, 2.05) is 0 Å². The Morgan fingerprint density at radius 2 is 2.00 bits per heavy atom. The second kappa shape index (κ2) is 7.25. The molecule has 130 valence electrons. The summed E-state index contributed by atoms with van der Waals surface area (Å²) in [7, 11) is -1.51. The van der Waals surface area contributed by atoms with Crippen LogP contribution in [0, 0.1) is 6.92 Å². The van der Waals surface area contributed by atoms with Crippen molar-refractivity contribution in [2.45, 2.75) is 38.9 Å². The predicted molar refractivity (Wildman–Crippen MR) is 94.6 cm³/mol. The lowest BCUT2D eigenvalue weighted by Gasteiger charge is -2.12. The van der Waals surface area contributed by atoms with E-state index in [-0.39, 0.29) is 17.1 Å². The number of aromatic nitrogens is 3. The molecule has 7 heteroatoms. The minimum Gasteiger partial charge on any atom is -0.318 e. The summed E-state index contributed by atoms with van der Waals surface area (Å²) in [6.45, 7) is 3.87. The average Bonchev–Trinajstić information content (AvgIpc) is 2.49. The smallest absolute Gasteiger partial charge is 0.253 e. The fourth-order valence-corrected chi connectivity index (χ4v) is 3.16. The number of hydrogen-bond donors (Lipinski definition) is 0. The standard InChI is InChI=1S/C17H23N3O3S/c1-5-6-7-13-9-18-15(11-24(4,22)23)19-16(13)14-8-12(2)17(21)20(3)10-14/h8-10H,5-7,11H2,1-4H3. The molecule has 0 bridgehead atoms. The van der Waals surface area contributed by atoms with Gasteiger partial charge in [0.05, 0.1) is 5.69 Å². The average molecular weight is 349 g/mol. The Morgan fingerprint density at radius 3 is 2.58 bits per heavy atom. The molecule has 0 atom stereocenters. The Balaban J connectivity index is 2.59. The molecule has 6 nitrogen and oxygen atoms in total. The molecule has 0 radical (unpaired) electrons. The molecule has 0 aliphatic carbocycles. The van der Waals surface area contributed by atoms with Gasteiger partial charge in [-0.1, -0.05) is 13.3 Å². The van der Waals surface area contributed by atoms with Crippen molar-refractivity contribution >= 4 is 9.84 Å². The minimum absolute atomic E-state index is 0.0562. The Hall–Kier alpha value is -2.02. The number of sulfone groups is 1. The van der Waals surface area contributed by atoms with E-state index in [1.165, 1.54) is 4.57 Å². The number of aryl methyl sites for hydroxylation is 3. The van der Waals surface area contributed by atoms with Crippen LogP contribution in [0.3, 0.4) is 0 Å². The first-order valence-electron chi connectivity index (χ1n) is 7.91. The number of rotatable bonds is 6. The quantitative estimate of drug-likeness (QED) is 0.797. The van der Waals surface area contributed by atoms with Gasteiger partial charge >= 0.3 is 0 Å². The third kappa shape index (κ3) is 4.50. The number of nitrogens with zero attached hydrogens (tertiary/aromatic N) is 3. The maximum atomic E-state index is 11.9. The van der Waals surface area contributed by atoms with Gasteiger partial charge in [0, 0.05) is 36.8 Å². The zero-order chi connectivity index (χ0) is 17.9. The zero-order valence-electron chi connectivity index (χ0n) is 14.5. The molecule has 0 aliphatic heterocycles. The van der Waals surface area contributed by atoms with Crippen LogP contribution in [0.2, 0.25) is 0 Å². The molecule has 0 aromatic carbocycles. The summed E-state index contributed by atoms with van der Waals surface area (Å²) in [4.78, 5) is 20.6. The predicted octanol–water partition coefficient (Wildman–Crippen LogP) is 2.04. The van der Waals surface area contributed by atoms with E-state index in [4.69, 9.17) is 0 Å². The van der Waals surface area contributed by atoms with Gasteiger partial charge in [-0.25, -0.2) is 18.4 Å². The molecule has 2 aromatic heterocycles. The van der Waals surface area contributed by atoms with Gasteiger partial charge in [0.1, 0.15) is 11.6 Å². The van der Waals surface area contributed by atoms with Gasteiger partial charge < -0.3 is 4.57 Å². The molecule has 0 saturated carbocycles. The highest BCUT2D eigenvalue weighted by Gasteiger charge is 2.14. The maximum absolute atomic E-state index is 11.9. The van der Waals surface area contributed by atoms with E-state index in [0.717, 1.165) is 36.6 Å². The Kier molecular flexibility index (Phi) is 5.54. The normalized spacial score (nSPS) is 11.7. The van der Waals surface area contributed by atoms with Crippen molar-refractivity contribution in [2.24, 2.45) is 7.05 Å². The number of pyridine rings is 1. The molecule has 2 heterocycles. The first-order valence-corrected chi connectivity index (χ1v) is 9.97. The van der Waals surface area contributed by atoms with Crippen LogP contribution in [0.25, 0.3) is 11.3 Å². The first-order chi connectivity index (χ1) is 11.2. The number of unbranched alkanes of at least 4 members (excludes halogenated alkanes) is 1. The van der Waals surface area contributed by atoms with E-state index < -0.39 is 9.84 Å². The molecular weight excluding hydrogens is 326 g/mol. The van der Waals surface area contributed by atoms with Crippen LogP contribution in [-0.4, -0.2) is 29.2 Å². The molecule has 0 fully saturated rings. The van der Waals surface area contributed by atoms with E-state index in [2.05, 4.69) is 16.9 Å². The summed E-state index contributed by atoms with van der Waals surface area (Å²) in [5.41, 5.74) is 3.04. The Bertz CT molecular complexity index is 876. The Morgan fingerprint density at radius 1 is 1.29 bits per heavy atom. The molecule has 0 saturated heterocycles. The van der Waals surface area contributed by atoms with Crippen molar-refractivity contribution in [2.75, 3.05) is 6.26 Å². The molecular formula is C17H23N3O3S. The van der Waals surface area contributed by atoms with Crippen molar-refractivity contribution in [3.8, 4) is 11.3 Å². The SMILES string of the molecule is CCCCc1cnc(CS(C)(=O)=O)nc1-c1cc(C)c(=O)n(C)c1. The van der Waals surface area contributed by atoms with Crippen molar-refractivity contribution < 1.29 is 8.42 Å². The molecule has 0 aliphatic rings. The summed E-state index contributed by atoms with van der Waals surface area (Å²) in [5.74, 6) is 0.0815. The first kappa shape index (κ1) is 18.3. The second-order valence-electron chi connectivity index (χ2n) is 6.16. The molecule has 0 amide bonds. The Labute approximate surface area is 142 Å². The van der Waals surface area contributed by atoms with Gasteiger partial charge in [-0.15, -0.1) is 0 Å². The molecule has 0 N–H and O–H groups in total. The summed E-state index contributed by atoms with van der Waals surface area (Å²) in [6.07, 6.45) is 7.45. The van der Waals surface area contributed by atoms with E-state index in [0.29, 0.717) is 11.3 Å². The van der Waals surface area contributed by atoms with Gasteiger partial charge in [0.25, 0.3) is 5.56 Å².